The van der Waals surface area contributed by atoms with Crippen molar-refractivity contribution in [3.63, 3.8) is 0 Å². The lowest BCUT2D eigenvalue weighted by Gasteiger charge is -2.21. The van der Waals surface area contributed by atoms with E-state index in [-0.39, 0.29) is 10.8 Å². The van der Waals surface area contributed by atoms with Crippen molar-refractivity contribution in [1.29, 1.82) is 0 Å². The summed E-state index contributed by atoms with van der Waals surface area (Å²) in [6.45, 7) is 7.16. The summed E-state index contributed by atoms with van der Waals surface area (Å²) in [6.07, 6.45) is 2.59. The van der Waals surface area contributed by atoms with Gasteiger partial charge in [-0.15, -0.1) is 11.6 Å². The molecule has 0 saturated carbocycles. The van der Waals surface area contributed by atoms with Gasteiger partial charge in [-0.25, -0.2) is 4.98 Å². The van der Waals surface area contributed by atoms with Gasteiger partial charge in [-0.3, -0.25) is 0 Å². The van der Waals surface area contributed by atoms with Crippen LogP contribution in [0.2, 0.25) is 0 Å². The summed E-state index contributed by atoms with van der Waals surface area (Å²) in [5, 5.41) is 3.17. The molecule has 0 fully saturated rings. The smallest absolute Gasteiger partial charge is 0.225 e. The van der Waals surface area contributed by atoms with Crippen LogP contribution in [0.4, 0.5) is 5.95 Å². The molecule has 1 rings (SSSR count). The van der Waals surface area contributed by atoms with Crippen LogP contribution in [-0.2, 0) is 0 Å². The minimum Gasteiger partial charge on any atom is -0.481 e. The van der Waals surface area contributed by atoms with Gasteiger partial charge in [0.15, 0.2) is 0 Å². The van der Waals surface area contributed by atoms with E-state index in [9.17, 15) is 0 Å². The number of anilines is 1. The third-order valence-corrected chi connectivity index (χ3v) is 2.46. The maximum Gasteiger partial charge on any atom is 0.225 e. The number of nitrogens with zero attached hydrogens (tertiary/aromatic N) is 2. The Morgan fingerprint density at radius 1 is 1.47 bits per heavy atom. The van der Waals surface area contributed by atoms with E-state index in [0.717, 1.165) is 6.42 Å². The molecule has 0 radical (unpaired) electrons. The van der Waals surface area contributed by atoms with Gasteiger partial charge in [0.1, 0.15) is 0 Å². The van der Waals surface area contributed by atoms with Gasteiger partial charge < -0.3 is 10.1 Å². The first kappa shape index (κ1) is 14.0. The summed E-state index contributed by atoms with van der Waals surface area (Å²) in [5.74, 6) is 1.09. The fourth-order valence-electron chi connectivity index (χ4n) is 1.48. The highest BCUT2D eigenvalue weighted by Crippen LogP contribution is 2.23. The second kappa shape index (κ2) is 6.05. The number of aromatic nitrogens is 2. The second-order valence-electron chi connectivity index (χ2n) is 5.17. The van der Waals surface area contributed by atoms with Crippen molar-refractivity contribution in [3.8, 4) is 5.88 Å². The lowest BCUT2D eigenvalue weighted by atomic mass is 9.90. The Bertz CT molecular complexity index is 352. The fourth-order valence-corrected chi connectivity index (χ4v) is 2.02. The van der Waals surface area contributed by atoms with Gasteiger partial charge >= 0.3 is 0 Å². The molecule has 4 nitrogen and oxygen atoms in total. The van der Waals surface area contributed by atoms with E-state index >= 15 is 0 Å². The summed E-state index contributed by atoms with van der Waals surface area (Å²) in [5.41, 5.74) is 0.226. The number of halogens is 1. The molecule has 96 valence electrons. The van der Waals surface area contributed by atoms with Crippen molar-refractivity contribution >= 4 is 17.5 Å². The Morgan fingerprint density at radius 3 is 2.76 bits per heavy atom. The number of nitrogens with one attached hydrogen (secondary N) is 1. The van der Waals surface area contributed by atoms with Crippen molar-refractivity contribution < 1.29 is 4.74 Å². The Kier molecular flexibility index (Phi) is 5.00. The van der Waals surface area contributed by atoms with Crippen LogP contribution in [0.25, 0.3) is 0 Å². The molecular weight excluding hydrogens is 238 g/mol. The minimum absolute atomic E-state index is 0.0600. The van der Waals surface area contributed by atoms with Crippen molar-refractivity contribution in [2.75, 3.05) is 19.0 Å². The predicted octanol–water partition coefficient (Wildman–Crippen LogP) is 2.94. The molecule has 17 heavy (non-hydrogen) atoms. The number of hydrogen-bond acceptors (Lipinski definition) is 4. The highest BCUT2D eigenvalue weighted by molar-refractivity contribution is 6.20. The second-order valence-corrected chi connectivity index (χ2v) is 5.78. The Morgan fingerprint density at radius 2 is 2.18 bits per heavy atom. The number of ether oxygens (including phenoxy) is 1. The zero-order valence-electron chi connectivity index (χ0n) is 10.8. The van der Waals surface area contributed by atoms with Crippen molar-refractivity contribution in [1.82, 2.24) is 9.97 Å². The van der Waals surface area contributed by atoms with Gasteiger partial charge in [-0.1, -0.05) is 20.8 Å². The molecule has 0 aliphatic rings. The molecule has 1 unspecified atom stereocenters. The van der Waals surface area contributed by atoms with Gasteiger partial charge in [0, 0.05) is 18.8 Å². The molecule has 1 N–H and O–H groups in total. The minimum atomic E-state index is 0.0600. The molecule has 0 spiro atoms. The Labute approximate surface area is 108 Å². The van der Waals surface area contributed by atoms with Crippen LogP contribution < -0.4 is 10.1 Å². The molecule has 1 heterocycles. The maximum absolute atomic E-state index is 6.24. The van der Waals surface area contributed by atoms with Crippen LogP contribution in [0.3, 0.4) is 0 Å². The topological polar surface area (TPSA) is 47.0 Å². The number of hydrogen-bond donors (Lipinski definition) is 1. The summed E-state index contributed by atoms with van der Waals surface area (Å²) >= 11 is 6.24. The van der Waals surface area contributed by atoms with Gasteiger partial charge in [0.25, 0.3) is 0 Å². The molecule has 0 aliphatic carbocycles. The van der Waals surface area contributed by atoms with Crippen molar-refractivity contribution in [3.05, 3.63) is 12.3 Å². The standard InChI is InChI=1S/C12H20ClN3O/c1-12(2,3)7-9(13)8-15-11-14-6-5-10(16-11)17-4/h5-6,9H,7-8H2,1-4H3,(H,14,15,16). The van der Waals surface area contributed by atoms with Crippen LogP contribution >= 0.6 is 11.6 Å². The van der Waals surface area contributed by atoms with Gasteiger partial charge in [0.05, 0.1) is 12.5 Å². The maximum atomic E-state index is 6.24. The largest absolute Gasteiger partial charge is 0.481 e. The Hall–Kier alpha value is -1.03. The third-order valence-electron chi connectivity index (χ3n) is 2.15. The van der Waals surface area contributed by atoms with E-state index in [1.54, 1.807) is 19.4 Å². The lowest BCUT2D eigenvalue weighted by molar-refractivity contribution is 0.373. The Balaban J connectivity index is 2.44. The van der Waals surface area contributed by atoms with Crippen LogP contribution in [0.15, 0.2) is 12.3 Å². The fraction of sp³-hybridized carbons (Fsp3) is 0.667. The third kappa shape index (κ3) is 5.73. The molecule has 5 heteroatoms. The predicted molar refractivity (Wildman–Crippen MR) is 70.8 cm³/mol. The lowest BCUT2D eigenvalue weighted by Crippen LogP contribution is -2.21. The quantitative estimate of drug-likeness (QED) is 0.824. The first-order chi connectivity index (χ1) is 7.90. The van der Waals surface area contributed by atoms with Gasteiger partial charge in [0.2, 0.25) is 11.8 Å². The highest BCUT2D eigenvalue weighted by atomic mass is 35.5. The highest BCUT2D eigenvalue weighted by Gasteiger charge is 2.16. The molecular formula is C12H20ClN3O. The van der Waals surface area contributed by atoms with E-state index in [4.69, 9.17) is 16.3 Å². The van der Waals surface area contributed by atoms with Crippen LogP contribution in [0, 0.1) is 5.41 Å². The normalized spacial score (nSPS) is 13.2. The summed E-state index contributed by atoms with van der Waals surface area (Å²) in [6, 6.07) is 1.71. The molecule has 0 amide bonds. The monoisotopic (exact) mass is 257 g/mol. The average Bonchev–Trinajstić information content (AvgIpc) is 2.24. The van der Waals surface area contributed by atoms with E-state index in [1.165, 1.54) is 0 Å². The number of rotatable bonds is 5. The van der Waals surface area contributed by atoms with Crippen LogP contribution in [0.1, 0.15) is 27.2 Å². The number of alkyl halides is 1. The summed E-state index contributed by atoms with van der Waals surface area (Å²) in [7, 11) is 1.58. The van der Waals surface area contributed by atoms with E-state index in [2.05, 4.69) is 36.1 Å². The first-order valence-corrected chi connectivity index (χ1v) is 6.09. The molecule has 0 aliphatic heterocycles. The summed E-state index contributed by atoms with van der Waals surface area (Å²) < 4.78 is 5.02. The molecule has 0 bridgehead atoms. The van der Waals surface area contributed by atoms with Gasteiger partial charge in [-0.2, -0.15) is 4.98 Å². The van der Waals surface area contributed by atoms with Gasteiger partial charge in [-0.05, 0) is 11.8 Å². The average molecular weight is 258 g/mol. The molecule has 1 aromatic rings. The SMILES string of the molecule is COc1ccnc(NCC(Cl)CC(C)(C)C)n1. The van der Waals surface area contributed by atoms with E-state index in [1.807, 2.05) is 0 Å². The molecule has 1 atom stereocenters. The zero-order valence-corrected chi connectivity index (χ0v) is 11.6. The van der Waals surface area contributed by atoms with E-state index < -0.39 is 0 Å². The van der Waals surface area contributed by atoms with E-state index in [0.29, 0.717) is 18.4 Å². The van der Waals surface area contributed by atoms with Crippen LogP contribution in [-0.4, -0.2) is 29.0 Å². The summed E-state index contributed by atoms with van der Waals surface area (Å²) in [4.78, 5) is 8.25. The molecule has 0 saturated heterocycles. The molecule has 1 aromatic heterocycles. The van der Waals surface area contributed by atoms with Crippen molar-refractivity contribution in [2.24, 2.45) is 5.41 Å². The number of methoxy groups -OCH3 is 1. The van der Waals surface area contributed by atoms with Crippen LogP contribution in [0.5, 0.6) is 5.88 Å². The molecule has 0 aromatic carbocycles. The van der Waals surface area contributed by atoms with Crippen molar-refractivity contribution in [2.45, 2.75) is 32.6 Å². The first-order valence-electron chi connectivity index (χ1n) is 5.66. The zero-order chi connectivity index (χ0) is 12.9.